The van der Waals surface area contributed by atoms with Gasteiger partial charge in [-0.15, -0.1) is 0 Å². The molecule has 0 saturated heterocycles. The zero-order valence-corrected chi connectivity index (χ0v) is 11.2. The molecular weight excluding hydrogens is 228 g/mol. The van der Waals surface area contributed by atoms with Crippen molar-refractivity contribution in [3.63, 3.8) is 0 Å². The second kappa shape index (κ2) is 4.73. The number of hydrogen-bond donors (Lipinski definition) is 2. The topological polar surface area (TPSA) is 81.6 Å². The lowest BCUT2D eigenvalue weighted by Crippen LogP contribution is -2.13. The van der Waals surface area contributed by atoms with Crippen LogP contribution in [0.25, 0.3) is 0 Å². The van der Waals surface area contributed by atoms with Crippen molar-refractivity contribution < 1.29 is 0 Å². The van der Waals surface area contributed by atoms with Gasteiger partial charge in [-0.25, -0.2) is 15.8 Å². The summed E-state index contributed by atoms with van der Waals surface area (Å²) in [4.78, 5) is 8.71. The molecule has 0 fully saturated rings. The third-order valence-electron chi connectivity index (χ3n) is 3.08. The van der Waals surface area contributed by atoms with E-state index < -0.39 is 0 Å². The lowest BCUT2D eigenvalue weighted by Gasteiger charge is -2.07. The maximum atomic E-state index is 5.38. The van der Waals surface area contributed by atoms with Gasteiger partial charge < -0.3 is 5.43 Å². The molecular formula is C12H18N6. The van der Waals surface area contributed by atoms with E-state index in [0.29, 0.717) is 18.2 Å². The molecule has 0 atom stereocenters. The zero-order chi connectivity index (χ0) is 13.3. The molecule has 2 rings (SSSR count). The molecule has 0 radical (unpaired) electrons. The lowest BCUT2D eigenvalue weighted by atomic mass is 10.2. The first-order chi connectivity index (χ1) is 8.51. The van der Waals surface area contributed by atoms with E-state index in [1.807, 2.05) is 25.5 Å². The molecule has 6 heteroatoms. The van der Waals surface area contributed by atoms with Gasteiger partial charge in [-0.05, 0) is 33.3 Å². The van der Waals surface area contributed by atoms with Crippen LogP contribution in [-0.4, -0.2) is 19.7 Å². The van der Waals surface area contributed by atoms with Crippen molar-refractivity contribution >= 4 is 5.82 Å². The lowest BCUT2D eigenvalue weighted by molar-refractivity contribution is 0.630. The van der Waals surface area contributed by atoms with Gasteiger partial charge in [0.05, 0.1) is 5.69 Å². The van der Waals surface area contributed by atoms with Crippen LogP contribution < -0.4 is 11.3 Å². The molecule has 0 saturated carbocycles. The minimum absolute atomic E-state index is 0.552. The number of rotatable bonds is 3. The number of hydrogen-bond acceptors (Lipinski definition) is 5. The summed E-state index contributed by atoms with van der Waals surface area (Å²) >= 11 is 0. The minimum Gasteiger partial charge on any atom is -0.308 e. The largest absolute Gasteiger partial charge is 0.308 e. The Balaban J connectivity index is 2.33. The van der Waals surface area contributed by atoms with Crippen LogP contribution in [0.5, 0.6) is 0 Å². The van der Waals surface area contributed by atoms with Gasteiger partial charge in [-0.3, -0.25) is 4.68 Å². The Kier molecular flexibility index (Phi) is 3.29. The molecule has 0 spiro atoms. The number of anilines is 1. The van der Waals surface area contributed by atoms with Gasteiger partial charge in [0.2, 0.25) is 0 Å². The first-order valence-corrected chi connectivity index (χ1v) is 5.83. The SMILES string of the molecule is Cc1cc(NN)nc(Cn2nc(C)c(C)c2C)n1. The third-order valence-corrected chi connectivity index (χ3v) is 3.08. The Morgan fingerprint density at radius 2 is 1.94 bits per heavy atom. The fourth-order valence-corrected chi connectivity index (χ4v) is 1.85. The highest BCUT2D eigenvalue weighted by atomic mass is 15.3. The highest BCUT2D eigenvalue weighted by molar-refractivity contribution is 5.34. The summed E-state index contributed by atoms with van der Waals surface area (Å²) in [5, 5.41) is 4.48. The van der Waals surface area contributed by atoms with E-state index in [2.05, 4.69) is 27.4 Å². The smallest absolute Gasteiger partial charge is 0.152 e. The summed E-state index contributed by atoms with van der Waals surface area (Å²) in [6.45, 7) is 8.59. The summed E-state index contributed by atoms with van der Waals surface area (Å²) in [5.74, 6) is 6.70. The fraction of sp³-hybridized carbons (Fsp3) is 0.417. The van der Waals surface area contributed by atoms with Crippen LogP contribution in [-0.2, 0) is 6.54 Å². The Morgan fingerprint density at radius 3 is 2.50 bits per heavy atom. The maximum Gasteiger partial charge on any atom is 0.152 e. The molecule has 96 valence electrons. The van der Waals surface area contributed by atoms with E-state index in [1.54, 1.807) is 6.07 Å². The quantitative estimate of drug-likeness (QED) is 0.629. The van der Waals surface area contributed by atoms with Crippen molar-refractivity contribution in [3.8, 4) is 0 Å². The van der Waals surface area contributed by atoms with Crippen molar-refractivity contribution in [3.05, 3.63) is 34.5 Å². The number of aryl methyl sites for hydroxylation is 2. The maximum absolute atomic E-state index is 5.38. The van der Waals surface area contributed by atoms with Gasteiger partial charge in [0.25, 0.3) is 0 Å². The number of hydrazine groups is 1. The van der Waals surface area contributed by atoms with Gasteiger partial charge in [-0.2, -0.15) is 5.10 Å². The van der Waals surface area contributed by atoms with Gasteiger partial charge in [-0.1, -0.05) is 0 Å². The van der Waals surface area contributed by atoms with Crippen LogP contribution in [0.4, 0.5) is 5.82 Å². The second-order valence-electron chi connectivity index (χ2n) is 4.41. The van der Waals surface area contributed by atoms with Gasteiger partial charge in [0.1, 0.15) is 12.4 Å². The summed E-state index contributed by atoms with van der Waals surface area (Å²) in [7, 11) is 0. The molecule has 3 N–H and O–H groups in total. The average molecular weight is 246 g/mol. The molecule has 2 heterocycles. The molecule has 0 aliphatic rings. The molecule has 2 aromatic rings. The molecule has 2 aromatic heterocycles. The van der Waals surface area contributed by atoms with Gasteiger partial charge in [0, 0.05) is 17.5 Å². The fourth-order valence-electron chi connectivity index (χ4n) is 1.85. The predicted octanol–water partition coefficient (Wildman–Crippen LogP) is 1.24. The first-order valence-electron chi connectivity index (χ1n) is 5.83. The minimum atomic E-state index is 0.552. The van der Waals surface area contributed by atoms with Crippen LogP contribution in [0.1, 0.15) is 28.5 Å². The normalized spacial score (nSPS) is 10.7. The molecule has 0 aliphatic carbocycles. The molecule has 6 nitrogen and oxygen atoms in total. The van der Waals surface area contributed by atoms with Crippen molar-refractivity contribution in [1.82, 2.24) is 19.7 Å². The molecule has 0 bridgehead atoms. The Hall–Kier alpha value is -1.95. The number of nitrogen functional groups attached to an aromatic ring is 1. The summed E-state index contributed by atoms with van der Waals surface area (Å²) in [5.41, 5.74) is 6.81. The van der Waals surface area contributed by atoms with Crippen molar-refractivity contribution in [2.24, 2.45) is 5.84 Å². The predicted molar refractivity (Wildman–Crippen MR) is 70.1 cm³/mol. The van der Waals surface area contributed by atoms with Crippen molar-refractivity contribution in [2.45, 2.75) is 34.2 Å². The summed E-state index contributed by atoms with van der Waals surface area (Å²) < 4.78 is 1.92. The van der Waals surface area contributed by atoms with Crippen LogP contribution in [0.15, 0.2) is 6.07 Å². The van der Waals surface area contributed by atoms with Gasteiger partial charge >= 0.3 is 0 Å². The second-order valence-corrected chi connectivity index (χ2v) is 4.41. The highest BCUT2D eigenvalue weighted by Crippen LogP contribution is 2.13. The Labute approximate surface area is 106 Å². The summed E-state index contributed by atoms with van der Waals surface area (Å²) in [6, 6.07) is 1.80. The van der Waals surface area contributed by atoms with Crippen molar-refractivity contribution in [2.75, 3.05) is 5.43 Å². The highest BCUT2D eigenvalue weighted by Gasteiger charge is 2.09. The zero-order valence-electron chi connectivity index (χ0n) is 11.2. The van der Waals surface area contributed by atoms with E-state index in [-0.39, 0.29) is 0 Å². The molecule has 18 heavy (non-hydrogen) atoms. The van der Waals surface area contributed by atoms with Crippen LogP contribution in [0, 0.1) is 27.7 Å². The number of nitrogens with two attached hydrogens (primary N) is 1. The van der Waals surface area contributed by atoms with E-state index in [9.17, 15) is 0 Å². The van der Waals surface area contributed by atoms with Crippen LogP contribution in [0.3, 0.4) is 0 Å². The molecule has 0 aliphatic heterocycles. The van der Waals surface area contributed by atoms with Crippen molar-refractivity contribution in [1.29, 1.82) is 0 Å². The Morgan fingerprint density at radius 1 is 1.22 bits per heavy atom. The molecule has 0 aromatic carbocycles. The third kappa shape index (κ3) is 2.33. The molecule has 0 amide bonds. The van der Waals surface area contributed by atoms with Gasteiger partial charge in [0.15, 0.2) is 5.82 Å². The number of nitrogens with one attached hydrogen (secondary N) is 1. The van der Waals surface area contributed by atoms with E-state index in [1.165, 1.54) is 5.56 Å². The number of nitrogens with zero attached hydrogens (tertiary/aromatic N) is 4. The number of aromatic nitrogens is 4. The van der Waals surface area contributed by atoms with E-state index >= 15 is 0 Å². The summed E-state index contributed by atoms with van der Waals surface area (Å²) in [6.07, 6.45) is 0. The standard InChI is InChI=1S/C12H18N6/c1-7-5-11(16-13)15-12(14-7)6-18-10(4)8(2)9(3)17-18/h5H,6,13H2,1-4H3,(H,14,15,16). The van der Waals surface area contributed by atoms with E-state index in [0.717, 1.165) is 17.1 Å². The first kappa shape index (κ1) is 12.5. The average Bonchev–Trinajstić information content (AvgIpc) is 2.56. The Bertz CT molecular complexity index is 572. The van der Waals surface area contributed by atoms with Crippen LogP contribution in [0.2, 0.25) is 0 Å². The van der Waals surface area contributed by atoms with Crippen LogP contribution >= 0.6 is 0 Å². The monoisotopic (exact) mass is 246 g/mol. The van der Waals surface area contributed by atoms with E-state index in [4.69, 9.17) is 5.84 Å². The molecule has 0 unspecified atom stereocenters.